The minimum atomic E-state index is 0.595. The van der Waals surface area contributed by atoms with Gasteiger partial charge in [-0.05, 0) is 43.4 Å². The summed E-state index contributed by atoms with van der Waals surface area (Å²) >= 11 is 0. The lowest BCUT2D eigenvalue weighted by molar-refractivity contribution is 0.118. The molecule has 0 amide bonds. The van der Waals surface area contributed by atoms with Crippen LogP contribution < -0.4 is 5.32 Å². The van der Waals surface area contributed by atoms with Gasteiger partial charge in [0.15, 0.2) is 0 Å². The Bertz CT molecular complexity index is 419. The number of benzene rings is 1. The van der Waals surface area contributed by atoms with Crippen molar-refractivity contribution in [1.29, 1.82) is 0 Å². The van der Waals surface area contributed by atoms with Crippen molar-refractivity contribution in [2.75, 3.05) is 32.1 Å². The van der Waals surface area contributed by atoms with E-state index in [-0.39, 0.29) is 0 Å². The molecule has 2 rings (SSSR count). The monoisotopic (exact) mass is 276 g/mol. The number of hydrogen-bond acceptors (Lipinski definition) is 3. The highest BCUT2D eigenvalue weighted by molar-refractivity contribution is 5.56. The van der Waals surface area contributed by atoms with Crippen molar-refractivity contribution in [3.8, 4) is 0 Å². The fourth-order valence-corrected chi connectivity index (χ4v) is 2.87. The highest BCUT2D eigenvalue weighted by Crippen LogP contribution is 2.26. The first-order chi connectivity index (χ1) is 9.76. The van der Waals surface area contributed by atoms with E-state index in [9.17, 15) is 0 Å². The lowest BCUT2D eigenvalue weighted by Crippen LogP contribution is -2.35. The maximum Gasteiger partial charge on any atom is 0.0589 e. The zero-order valence-electron chi connectivity index (χ0n) is 13.1. The molecule has 3 heteroatoms. The van der Waals surface area contributed by atoms with E-state index in [0.717, 1.165) is 26.2 Å². The molecule has 1 aliphatic rings. The van der Waals surface area contributed by atoms with E-state index >= 15 is 0 Å². The van der Waals surface area contributed by atoms with Crippen molar-refractivity contribution in [3.05, 3.63) is 29.3 Å². The van der Waals surface area contributed by atoms with E-state index < -0.39 is 0 Å². The molecule has 1 unspecified atom stereocenters. The summed E-state index contributed by atoms with van der Waals surface area (Å²) in [5.41, 5.74) is 4.33. The number of ether oxygens (including phenoxy) is 1. The van der Waals surface area contributed by atoms with Gasteiger partial charge in [-0.25, -0.2) is 0 Å². The SMILES string of the molecule is CCC(C)N(CCOC)Cc1cccc2c1CCCN2. The average molecular weight is 276 g/mol. The van der Waals surface area contributed by atoms with E-state index in [1.165, 1.54) is 36.1 Å². The molecule has 0 aromatic heterocycles. The summed E-state index contributed by atoms with van der Waals surface area (Å²) in [5.74, 6) is 0. The highest BCUT2D eigenvalue weighted by Gasteiger charge is 2.17. The van der Waals surface area contributed by atoms with E-state index in [1.807, 2.05) is 0 Å². The minimum Gasteiger partial charge on any atom is -0.385 e. The van der Waals surface area contributed by atoms with Gasteiger partial charge >= 0.3 is 0 Å². The molecule has 1 aromatic carbocycles. The second-order valence-corrected chi connectivity index (χ2v) is 5.69. The number of fused-ring (bicyclic) bond motifs is 1. The molecule has 1 aromatic rings. The first kappa shape index (κ1) is 15.3. The van der Waals surface area contributed by atoms with Gasteiger partial charge in [-0.1, -0.05) is 19.1 Å². The topological polar surface area (TPSA) is 24.5 Å². The zero-order chi connectivity index (χ0) is 14.4. The number of nitrogens with zero attached hydrogens (tertiary/aromatic N) is 1. The molecular formula is C17H28N2O. The number of methoxy groups -OCH3 is 1. The van der Waals surface area contributed by atoms with Crippen LogP contribution in [0, 0.1) is 0 Å². The van der Waals surface area contributed by atoms with Crippen LogP contribution in [-0.2, 0) is 17.7 Å². The molecule has 1 atom stereocenters. The molecule has 0 bridgehead atoms. The Morgan fingerprint density at radius 1 is 1.40 bits per heavy atom. The van der Waals surface area contributed by atoms with Crippen LogP contribution in [0.2, 0.25) is 0 Å². The molecule has 0 saturated heterocycles. The number of rotatable bonds is 7. The summed E-state index contributed by atoms with van der Waals surface area (Å²) in [6.45, 7) is 8.51. The third-order valence-electron chi connectivity index (χ3n) is 4.36. The Kier molecular flexibility index (Phi) is 5.86. The van der Waals surface area contributed by atoms with Crippen molar-refractivity contribution in [2.24, 2.45) is 0 Å². The van der Waals surface area contributed by atoms with Crippen molar-refractivity contribution in [2.45, 2.75) is 45.7 Å². The molecule has 0 fully saturated rings. The van der Waals surface area contributed by atoms with Crippen molar-refractivity contribution >= 4 is 5.69 Å². The average Bonchev–Trinajstić information content (AvgIpc) is 2.50. The summed E-state index contributed by atoms with van der Waals surface area (Å²) in [5, 5.41) is 3.52. The van der Waals surface area contributed by atoms with Gasteiger partial charge < -0.3 is 10.1 Å². The minimum absolute atomic E-state index is 0.595. The van der Waals surface area contributed by atoms with Gasteiger partial charge in [0.05, 0.1) is 6.61 Å². The first-order valence-electron chi connectivity index (χ1n) is 7.83. The second-order valence-electron chi connectivity index (χ2n) is 5.69. The molecule has 1 aliphatic heterocycles. The summed E-state index contributed by atoms with van der Waals surface area (Å²) in [6.07, 6.45) is 3.62. The van der Waals surface area contributed by atoms with Gasteiger partial charge in [-0.15, -0.1) is 0 Å². The molecular weight excluding hydrogens is 248 g/mol. The summed E-state index contributed by atoms with van der Waals surface area (Å²) in [7, 11) is 1.78. The van der Waals surface area contributed by atoms with Gasteiger partial charge in [0.25, 0.3) is 0 Å². The van der Waals surface area contributed by atoms with Crippen LogP contribution in [0.4, 0.5) is 5.69 Å². The van der Waals surface area contributed by atoms with Crippen molar-refractivity contribution in [1.82, 2.24) is 4.90 Å². The highest BCUT2D eigenvalue weighted by atomic mass is 16.5. The number of hydrogen-bond donors (Lipinski definition) is 1. The Labute approximate surface area is 123 Å². The van der Waals surface area contributed by atoms with Crippen LogP contribution in [0.15, 0.2) is 18.2 Å². The Hall–Kier alpha value is -1.06. The van der Waals surface area contributed by atoms with E-state index in [4.69, 9.17) is 4.74 Å². The molecule has 3 nitrogen and oxygen atoms in total. The Morgan fingerprint density at radius 2 is 2.25 bits per heavy atom. The van der Waals surface area contributed by atoms with Crippen LogP contribution in [-0.4, -0.2) is 37.7 Å². The normalized spacial score (nSPS) is 15.8. The maximum absolute atomic E-state index is 5.26. The van der Waals surface area contributed by atoms with E-state index in [1.54, 1.807) is 7.11 Å². The third-order valence-corrected chi connectivity index (χ3v) is 4.36. The third kappa shape index (κ3) is 3.74. The molecule has 0 spiro atoms. The van der Waals surface area contributed by atoms with Crippen LogP contribution in [0.3, 0.4) is 0 Å². The number of anilines is 1. The Morgan fingerprint density at radius 3 is 3.00 bits per heavy atom. The molecule has 112 valence electrons. The lowest BCUT2D eigenvalue weighted by Gasteiger charge is -2.30. The number of nitrogens with one attached hydrogen (secondary N) is 1. The first-order valence-corrected chi connectivity index (χ1v) is 7.83. The summed E-state index contributed by atoms with van der Waals surface area (Å²) in [6, 6.07) is 7.27. The van der Waals surface area contributed by atoms with Crippen LogP contribution >= 0.6 is 0 Å². The smallest absolute Gasteiger partial charge is 0.0589 e. The fraction of sp³-hybridized carbons (Fsp3) is 0.647. The summed E-state index contributed by atoms with van der Waals surface area (Å²) < 4.78 is 5.26. The van der Waals surface area contributed by atoms with Gasteiger partial charge in [-0.2, -0.15) is 0 Å². The predicted molar refractivity (Wildman–Crippen MR) is 85.3 cm³/mol. The lowest BCUT2D eigenvalue weighted by atomic mass is 9.97. The van der Waals surface area contributed by atoms with Crippen LogP contribution in [0.1, 0.15) is 37.8 Å². The van der Waals surface area contributed by atoms with Crippen molar-refractivity contribution < 1.29 is 4.74 Å². The van der Waals surface area contributed by atoms with Crippen LogP contribution in [0.5, 0.6) is 0 Å². The molecule has 1 N–H and O–H groups in total. The van der Waals surface area contributed by atoms with E-state index in [0.29, 0.717) is 6.04 Å². The van der Waals surface area contributed by atoms with Crippen LogP contribution in [0.25, 0.3) is 0 Å². The van der Waals surface area contributed by atoms with Gasteiger partial charge in [-0.3, -0.25) is 4.90 Å². The predicted octanol–water partition coefficient (Wildman–Crippen LogP) is 3.29. The second kappa shape index (κ2) is 7.65. The summed E-state index contributed by atoms with van der Waals surface area (Å²) in [4.78, 5) is 2.54. The van der Waals surface area contributed by atoms with Gasteiger partial charge in [0.1, 0.15) is 0 Å². The molecule has 0 saturated carbocycles. The molecule has 0 aliphatic carbocycles. The standard InChI is InChI=1S/C17H28N2O/c1-4-14(2)19(11-12-20-3)13-15-7-5-9-17-16(15)8-6-10-18-17/h5,7,9,14,18H,4,6,8,10-13H2,1-3H3. The fourth-order valence-electron chi connectivity index (χ4n) is 2.87. The Balaban J connectivity index is 2.13. The van der Waals surface area contributed by atoms with Crippen molar-refractivity contribution in [3.63, 3.8) is 0 Å². The molecule has 1 heterocycles. The van der Waals surface area contributed by atoms with Gasteiger partial charge in [0.2, 0.25) is 0 Å². The zero-order valence-corrected chi connectivity index (χ0v) is 13.1. The molecule has 0 radical (unpaired) electrons. The van der Waals surface area contributed by atoms with E-state index in [2.05, 4.69) is 42.3 Å². The quantitative estimate of drug-likeness (QED) is 0.827. The largest absolute Gasteiger partial charge is 0.385 e. The molecule has 20 heavy (non-hydrogen) atoms. The maximum atomic E-state index is 5.26. The van der Waals surface area contributed by atoms with Gasteiger partial charge in [0, 0.05) is 38.5 Å².